The lowest BCUT2D eigenvalue weighted by Crippen LogP contribution is -2.44. The summed E-state index contributed by atoms with van der Waals surface area (Å²) < 4.78 is 0. The first-order chi connectivity index (χ1) is 14.8. The Balaban J connectivity index is 1.33. The van der Waals surface area contributed by atoms with Crippen LogP contribution in [0.3, 0.4) is 0 Å². The summed E-state index contributed by atoms with van der Waals surface area (Å²) in [5.74, 6) is 1.09. The van der Waals surface area contributed by atoms with Crippen molar-refractivity contribution >= 4 is 40.3 Å². The highest BCUT2D eigenvalue weighted by atomic mass is 32.1. The standard InChI is InChI=1S/C24H32N4OS2/c1-24(2,3)18-6-4-5-7-19(18)26-21(29)20-15-31-22(27-20)17-10-12-28(13-11-17)23(30)25-14-16-8-9-16/h4-7,15-17H,8-14H2,1-3H3,(H,25,30)(H,26,29). The largest absolute Gasteiger partial charge is 0.362 e. The molecule has 1 saturated heterocycles. The number of aromatic nitrogens is 1. The highest BCUT2D eigenvalue weighted by Gasteiger charge is 2.27. The summed E-state index contributed by atoms with van der Waals surface area (Å²) in [4.78, 5) is 19.8. The van der Waals surface area contributed by atoms with Crippen LogP contribution in [0.25, 0.3) is 0 Å². The fourth-order valence-corrected chi connectivity index (χ4v) is 5.24. The molecule has 0 bridgehead atoms. The van der Waals surface area contributed by atoms with Gasteiger partial charge in [-0.15, -0.1) is 11.3 Å². The van der Waals surface area contributed by atoms with Gasteiger partial charge >= 0.3 is 0 Å². The van der Waals surface area contributed by atoms with Crippen molar-refractivity contribution in [2.45, 2.75) is 57.8 Å². The van der Waals surface area contributed by atoms with Gasteiger partial charge in [-0.05, 0) is 60.9 Å². The third-order valence-corrected chi connectivity index (χ3v) is 7.52. The molecule has 1 saturated carbocycles. The number of nitrogens with one attached hydrogen (secondary N) is 2. The number of piperidine rings is 1. The molecule has 0 radical (unpaired) electrons. The summed E-state index contributed by atoms with van der Waals surface area (Å²) in [5, 5.41) is 10.3. The lowest BCUT2D eigenvalue weighted by molar-refractivity contribution is 0.102. The van der Waals surface area contributed by atoms with E-state index in [9.17, 15) is 4.79 Å². The Kier molecular flexibility index (Phi) is 6.63. The van der Waals surface area contributed by atoms with Crippen molar-refractivity contribution in [1.29, 1.82) is 0 Å². The number of amides is 1. The summed E-state index contributed by atoms with van der Waals surface area (Å²) in [6, 6.07) is 7.99. The second-order valence-electron chi connectivity index (χ2n) is 9.71. The number of hydrogen-bond acceptors (Lipinski definition) is 4. The second kappa shape index (κ2) is 9.25. The van der Waals surface area contributed by atoms with Crippen LogP contribution in [0, 0.1) is 5.92 Å². The Bertz CT molecular complexity index is 937. The first kappa shape index (κ1) is 22.2. The molecule has 1 aromatic heterocycles. The Morgan fingerprint density at radius 3 is 2.58 bits per heavy atom. The number of rotatable bonds is 5. The van der Waals surface area contributed by atoms with Crippen molar-refractivity contribution in [3.8, 4) is 0 Å². The second-order valence-corrected chi connectivity index (χ2v) is 11.0. The van der Waals surface area contributed by atoms with E-state index in [1.807, 2.05) is 23.6 Å². The molecule has 4 rings (SSSR count). The molecule has 0 unspecified atom stereocenters. The van der Waals surface area contributed by atoms with E-state index in [-0.39, 0.29) is 11.3 Å². The van der Waals surface area contributed by atoms with Crippen LogP contribution in [0.4, 0.5) is 5.69 Å². The molecule has 2 heterocycles. The number of thiazole rings is 1. The molecule has 1 aliphatic heterocycles. The van der Waals surface area contributed by atoms with Gasteiger partial charge in [0.2, 0.25) is 0 Å². The topological polar surface area (TPSA) is 57.3 Å². The van der Waals surface area contributed by atoms with Gasteiger partial charge in [0, 0.05) is 36.6 Å². The molecule has 0 spiro atoms. The monoisotopic (exact) mass is 456 g/mol. The Labute approximate surface area is 194 Å². The van der Waals surface area contributed by atoms with Gasteiger partial charge in [0.15, 0.2) is 5.11 Å². The summed E-state index contributed by atoms with van der Waals surface area (Å²) in [7, 11) is 0. The van der Waals surface area contributed by atoms with E-state index in [2.05, 4.69) is 42.4 Å². The maximum Gasteiger partial charge on any atom is 0.275 e. The average Bonchev–Trinajstić information content (AvgIpc) is 3.45. The summed E-state index contributed by atoms with van der Waals surface area (Å²) >= 11 is 7.16. The normalized spacial score (nSPS) is 17.5. The molecule has 7 heteroatoms. The average molecular weight is 457 g/mol. The lowest BCUT2D eigenvalue weighted by Gasteiger charge is -2.33. The minimum atomic E-state index is -0.137. The highest BCUT2D eigenvalue weighted by molar-refractivity contribution is 7.80. The van der Waals surface area contributed by atoms with Gasteiger partial charge in [-0.2, -0.15) is 0 Å². The van der Waals surface area contributed by atoms with Crippen molar-refractivity contribution in [3.63, 3.8) is 0 Å². The van der Waals surface area contributed by atoms with Crippen molar-refractivity contribution < 1.29 is 4.79 Å². The van der Waals surface area contributed by atoms with E-state index in [0.717, 1.165) is 59.8 Å². The van der Waals surface area contributed by atoms with Gasteiger partial charge < -0.3 is 15.5 Å². The molecule has 0 atom stereocenters. The van der Waals surface area contributed by atoms with E-state index >= 15 is 0 Å². The van der Waals surface area contributed by atoms with Crippen molar-refractivity contribution in [2.24, 2.45) is 5.92 Å². The molecule has 1 amide bonds. The van der Waals surface area contributed by atoms with Gasteiger partial charge in [0.05, 0.1) is 5.01 Å². The number of thiocarbonyl (C=S) groups is 1. The van der Waals surface area contributed by atoms with Gasteiger partial charge in [-0.3, -0.25) is 4.79 Å². The number of carbonyl (C=O) groups is 1. The molecule has 1 aliphatic carbocycles. The van der Waals surface area contributed by atoms with Gasteiger partial charge in [-0.25, -0.2) is 4.98 Å². The zero-order chi connectivity index (χ0) is 22.0. The van der Waals surface area contributed by atoms with Gasteiger partial charge in [0.25, 0.3) is 5.91 Å². The predicted octanol–water partition coefficient (Wildman–Crippen LogP) is 5.16. The quantitative estimate of drug-likeness (QED) is 0.609. The van der Waals surface area contributed by atoms with Crippen LogP contribution >= 0.6 is 23.6 Å². The third-order valence-electron chi connectivity index (χ3n) is 6.11. The number of hydrogen-bond donors (Lipinski definition) is 2. The smallest absolute Gasteiger partial charge is 0.275 e. The van der Waals surface area contributed by atoms with Crippen molar-refractivity contribution in [1.82, 2.24) is 15.2 Å². The zero-order valence-electron chi connectivity index (χ0n) is 18.6. The summed E-state index contributed by atoms with van der Waals surface area (Å²) in [6.07, 6.45) is 4.71. The number of anilines is 1. The summed E-state index contributed by atoms with van der Waals surface area (Å²) in [6.45, 7) is 9.36. The van der Waals surface area contributed by atoms with Crippen LogP contribution in [-0.2, 0) is 5.41 Å². The van der Waals surface area contributed by atoms with Gasteiger partial charge in [0.1, 0.15) is 5.69 Å². The van der Waals surface area contributed by atoms with Crippen LogP contribution in [0.5, 0.6) is 0 Å². The summed E-state index contributed by atoms with van der Waals surface area (Å²) in [5.41, 5.74) is 2.44. The molecule has 1 aromatic carbocycles. The molecular formula is C24H32N4OS2. The van der Waals surface area contributed by atoms with Crippen molar-refractivity contribution in [2.75, 3.05) is 25.0 Å². The lowest BCUT2D eigenvalue weighted by atomic mass is 9.86. The number of carbonyl (C=O) groups excluding carboxylic acids is 1. The molecular weight excluding hydrogens is 424 g/mol. The maximum atomic E-state index is 12.9. The molecule has 2 N–H and O–H groups in total. The SMILES string of the molecule is CC(C)(C)c1ccccc1NC(=O)c1csc(C2CCN(C(=S)NCC3CC3)CC2)n1. The first-order valence-corrected chi connectivity index (χ1v) is 12.5. The highest BCUT2D eigenvalue weighted by Crippen LogP contribution is 2.32. The zero-order valence-corrected chi connectivity index (χ0v) is 20.2. The van der Waals surface area contributed by atoms with Crippen LogP contribution in [-0.4, -0.2) is 40.5 Å². The minimum Gasteiger partial charge on any atom is -0.362 e. The molecule has 5 nitrogen and oxygen atoms in total. The third kappa shape index (κ3) is 5.63. The molecule has 31 heavy (non-hydrogen) atoms. The Morgan fingerprint density at radius 1 is 1.19 bits per heavy atom. The fourth-order valence-electron chi connectivity index (χ4n) is 4.01. The Morgan fingerprint density at radius 2 is 1.90 bits per heavy atom. The number of likely N-dealkylation sites (tertiary alicyclic amines) is 1. The Hall–Kier alpha value is -1.99. The van der Waals surface area contributed by atoms with Crippen LogP contribution in [0.2, 0.25) is 0 Å². The fraction of sp³-hybridized carbons (Fsp3) is 0.542. The first-order valence-electron chi connectivity index (χ1n) is 11.2. The van der Waals surface area contributed by atoms with Crippen LogP contribution in [0.1, 0.15) is 73.4 Å². The molecule has 2 aromatic rings. The van der Waals surface area contributed by atoms with E-state index in [0.29, 0.717) is 11.6 Å². The molecule has 2 fully saturated rings. The van der Waals surface area contributed by atoms with E-state index in [4.69, 9.17) is 17.2 Å². The van der Waals surface area contributed by atoms with Crippen LogP contribution in [0.15, 0.2) is 29.6 Å². The maximum absolute atomic E-state index is 12.9. The number of nitrogens with zero attached hydrogens (tertiary/aromatic N) is 2. The molecule has 166 valence electrons. The molecule has 2 aliphatic rings. The van der Waals surface area contributed by atoms with Crippen molar-refractivity contribution in [3.05, 3.63) is 45.9 Å². The van der Waals surface area contributed by atoms with E-state index in [1.165, 1.54) is 12.8 Å². The number of benzene rings is 1. The van der Waals surface area contributed by atoms with E-state index in [1.54, 1.807) is 11.3 Å². The van der Waals surface area contributed by atoms with Crippen LogP contribution < -0.4 is 10.6 Å². The predicted molar refractivity (Wildman–Crippen MR) is 132 cm³/mol. The van der Waals surface area contributed by atoms with Gasteiger partial charge in [-0.1, -0.05) is 39.0 Å². The number of para-hydroxylation sites is 1. The van der Waals surface area contributed by atoms with E-state index < -0.39 is 0 Å². The minimum absolute atomic E-state index is 0.0425.